The maximum atomic E-state index is 13.6. The Labute approximate surface area is 171 Å². The van der Waals surface area contributed by atoms with Gasteiger partial charge in [0.1, 0.15) is 5.92 Å². The fraction of sp³-hybridized carbons (Fsp3) is 0.333. The van der Waals surface area contributed by atoms with Gasteiger partial charge in [0.15, 0.2) is 5.78 Å². The highest BCUT2D eigenvalue weighted by Gasteiger charge is 2.44. The zero-order chi connectivity index (χ0) is 20.7. The largest absolute Gasteiger partial charge is 0.468 e. The summed E-state index contributed by atoms with van der Waals surface area (Å²) in [5.41, 5.74) is 6.64. The second-order valence-electron chi connectivity index (χ2n) is 8.05. The van der Waals surface area contributed by atoms with Gasteiger partial charge in [0.25, 0.3) is 0 Å². The van der Waals surface area contributed by atoms with Crippen LogP contribution in [-0.4, -0.2) is 18.9 Å². The van der Waals surface area contributed by atoms with E-state index in [-0.39, 0.29) is 17.7 Å². The van der Waals surface area contributed by atoms with Gasteiger partial charge >= 0.3 is 5.97 Å². The summed E-state index contributed by atoms with van der Waals surface area (Å²) in [6.07, 6.45) is 0.609. The summed E-state index contributed by atoms with van der Waals surface area (Å²) in [6.45, 7) is 6.03. The first-order valence-corrected chi connectivity index (χ1v) is 9.95. The Bertz CT molecular complexity index is 1020. The maximum Gasteiger partial charge on any atom is 0.316 e. The number of nitrogens with one attached hydrogen (secondary N) is 2. The molecule has 1 heterocycles. The molecule has 0 spiro atoms. The van der Waals surface area contributed by atoms with E-state index in [1.54, 1.807) is 0 Å². The van der Waals surface area contributed by atoms with E-state index >= 15 is 0 Å². The third-order valence-corrected chi connectivity index (χ3v) is 5.97. The molecule has 0 bridgehead atoms. The van der Waals surface area contributed by atoms with E-state index in [1.807, 2.05) is 38.1 Å². The average molecular weight is 390 g/mol. The summed E-state index contributed by atoms with van der Waals surface area (Å²) < 4.78 is 4.96. The number of ether oxygens (including phenoxy) is 1. The second-order valence-corrected chi connectivity index (χ2v) is 8.05. The fourth-order valence-corrected chi connectivity index (χ4v) is 4.44. The van der Waals surface area contributed by atoms with Gasteiger partial charge < -0.3 is 15.4 Å². The van der Waals surface area contributed by atoms with Gasteiger partial charge in [-0.25, -0.2) is 0 Å². The quantitative estimate of drug-likeness (QED) is 0.582. The van der Waals surface area contributed by atoms with Gasteiger partial charge in [0.2, 0.25) is 0 Å². The molecule has 2 aliphatic rings. The van der Waals surface area contributed by atoms with Crippen molar-refractivity contribution < 1.29 is 14.3 Å². The van der Waals surface area contributed by atoms with Gasteiger partial charge in [-0.15, -0.1) is 0 Å². The zero-order valence-electron chi connectivity index (χ0n) is 17.2. The van der Waals surface area contributed by atoms with E-state index in [0.717, 1.165) is 33.8 Å². The smallest absolute Gasteiger partial charge is 0.316 e. The minimum Gasteiger partial charge on any atom is -0.468 e. The van der Waals surface area contributed by atoms with Crippen molar-refractivity contribution in [1.29, 1.82) is 0 Å². The van der Waals surface area contributed by atoms with Crippen molar-refractivity contribution in [3.63, 3.8) is 0 Å². The molecule has 0 amide bonds. The van der Waals surface area contributed by atoms with Crippen LogP contribution >= 0.6 is 0 Å². The number of para-hydroxylation sites is 2. The highest BCUT2D eigenvalue weighted by atomic mass is 16.5. The Morgan fingerprint density at radius 2 is 1.83 bits per heavy atom. The summed E-state index contributed by atoms with van der Waals surface area (Å²) in [4.78, 5) is 26.0. The normalized spacial score (nSPS) is 23.3. The molecule has 0 aromatic heterocycles. The van der Waals surface area contributed by atoms with Crippen molar-refractivity contribution in [3.05, 3.63) is 70.4 Å². The van der Waals surface area contributed by atoms with E-state index < -0.39 is 11.9 Å². The minimum atomic E-state index is -0.781. The number of rotatable bonds is 2. The van der Waals surface area contributed by atoms with E-state index in [4.69, 9.17) is 4.74 Å². The Hall–Kier alpha value is -3.08. The van der Waals surface area contributed by atoms with Crippen molar-refractivity contribution in [2.24, 2.45) is 11.8 Å². The Morgan fingerprint density at radius 3 is 2.55 bits per heavy atom. The van der Waals surface area contributed by atoms with Crippen LogP contribution < -0.4 is 10.6 Å². The van der Waals surface area contributed by atoms with Gasteiger partial charge in [-0.3, -0.25) is 9.59 Å². The van der Waals surface area contributed by atoms with E-state index in [1.165, 1.54) is 7.11 Å². The predicted molar refractivity (Wildman–Crippen MR) is 114 cm³/mol. The van der Waals surface area contributed by atoms with Gasteiger partial charge in [0.05, 0.1) is 24.5 Å². The van der Waals surface area contributed by atoms with E-state index in [2.05, 4.69) is 35.8 Å². The first kappa shape index (κ1) is 19.2. The highest BCUT2D eigenvalue weighted by molar-refractivity contribution is 6.11. The van der Waals surface area contributed by atoms with Crippen LogP contribution in [0.4, 0.5) is 11.4 Å². The number of methoxy groups -OCH3 is 1. The van der Waals surface area contributed by atoms with Crippen LogP contribution in [0.3, 0.4) is 0 Å². The van der Waals surface area contributed by atoms with E-state index in [9.17, 15) is 9.59 Å². The van der Waals surface area contributed by atoms with Crippen molar-refractivity contribution in [2.75, 3.05) is 17.7 Å². The number of Topliss-reactive ketones (excluding diaryl/α,β-unsaturated/α-hetero) is 1. The number of ketones is 1. The molecule has 0 radical (unpaired) electrons. The molecular formula is C24H26N2O3. The van der Waals surface area contributed by atoms with Crippen LogP contribution in [-0.2, 0) is 14.3 Å². The summed E-state index contributed by atoms with van der Waals surface area (Å²) in [5, 5.41) is 7.05. The van der Waals surface area contributed by atoms with Crippen molar-refractivity contribution >= 4 is 23.1 Å². The van der Waals surface area contributed by atoms with Crippen molar-refractivity contribution in [3.8, 4) is 0 Å². The fourth-order valence-electron chi connectivity index (χ4n) is 4.44. The Kier molecular flexibility index (Phi) is 4.91. The minimum absolute atomic E-state index is 0.134. The van der Waals surface area contributed by atoms with Crippen LogP contribution in [0.5, 0.6) is 0 Å². The lowest BCUT2D eigenvalue weighted by molar-refractivity contribution is -0.151. The molecule has 0 saturated heterocycles. The average Bonchev–Trinajstić information content (AvgIpc) is 2.86. The monoisotopic (exact) mass is 390 g/mol. The zero-order valence-corrected chi connectivity index (χ0v) is 17.2. The predicted octanol–water partition coefficient (Wildman–Crippen LogP) is 4.53. The standard InChI is InChI=1S/C24H26N2O3/c1-13-9-10-14(2)16(11-13)22-21-19(25-17-7-5-6-8-18(17)26-22)12-15(3)20(23(21)27)24(28)29-4/h5-11,15,20,22,25-26H,12H2,1-4H3/t15-,20-,22-/m1/s1. The van der Waals surface area contributed by atoms with Gasteiger partial charge in [0, 0.05) is 11.3 Å². The summed E-state index contributed by atoms with van der Waals surface area (Å²) >= 11 is 0. The first-order chi connectivity index (χ1) is 13.9. The van der Waals surface area contributed by atoms with Gasteiger partial charge in [-0.1, -0.05) is 42.8 Å². The van der Waals surface area contributed by atoms with Gasteiger partial charge in [-0.05, 0) is 49.4 Å². The summed E-state index contributed by atoms with van der Waals surface area (Å²) in [7, 11) is 1.34. The molecule has 0 saturated carbocycles. The second kappa shape index (κ2) is 7.39. The number of benzene rings is 2. The molecular weight excluding hydrogens is 364 g/mol. The lowest BCUT2D eigenvalue weighted by Crippen LogP contribution is -2.39. The number of allylic oxidation sites excluding steroid dienone is 1. The number of anilines is 2. The van der Waals surface area contributed by atoms with Crippen LogP contribution in [0.2, 0.25) is 0 Å². The molecule has 2 aromatic rings. The first-order valence-electron chi connectivity index (χ1n) is 9.95. The molecule has 1 aliphatic heterocycles. The number of carbonyl (C=O) groups is 2. The molecule has 2 aromatic carbocycles. The van der Waals surface area contributed by atoms with Gasteiger partial charge in [-0.2, -0.15) is 0 Å². The molecule has 0 fully saturated rings. The maximum absolute atomic E-state index is 13.6. The van der Waals surface area contributed by atoms with Crippen LogP contribution in [0.25, 0.3) is 0 Å². The highest BCUT2D eigenvalue weighted by Crippen LogP contribution is 2.44. The third kappa shape index (κ3) is 3.31. The van der Waals surface area contributed by atoms with E-state index in [0.29, 0.717) is 12.0 Å². The molecule has 5 heteroatoms. The number of esters is 1. The SMILES string of the molecule is COC(=O)[C@H]1C(=O)C2=C(C[C@H]1C)Nc1ccccc1N[C@@H]2c1cc(C)ccc1C. The number of fused-ring (bicyclic) bond motifs is 1. The molecule has 150 valence electrons. The van der Waals surface area contributed by atoms with Crippen LogP contribution in [0, 0.1) is 25.7 Å². The Balaban J connectivity index is 1.91. The topological polar surface area (TPSA) is 67.4 Å². The summed E-state index contributed by atoms with van der Waals surface area (Å²) in [6, 6.07) is 13.9. The van der Waals surface area contributed by atoms with Crippen LogP contribution in [0.15, 0.2) is 53.7 Å². The Morgan fingerprint density at radius 1 is 1.10 bits per heavy atom. The number of aryl methyl sites for hydroxylation is 2. The molecule has 4 rings (SSSR count). The molecule has 1 aliphatic carbocycles. The summed E-state index contributed by atoms with van der Waals surface area (Å²) in [5.74, 6) is -1.54. The molecule has 29 heavy (non-hydrogen) atoms. The number of hydrogen-bond acceptors (Lipinski definition) is 5. The molecule has 2 N–H and O–H groups in total. The number of hydrogen-bond donors (Lipinski definition) is 2. The number of carbonyl (C=O) groups excluding carboxylic acids is 2. The van der Waals surface area contributed by atoms with Crippen LogP contribution in [0.1, 0.15) is 36.1 Å². The molecule has 5 nitrogen and oxygen atoms in total. The molecule has 3 atom stereocenters. The lowest BCUT2D eigenvalue weighted by Gasteiger charge is -2.33. The third-order valence-electron chi connectivity index (χ3n) is 5.97. The van der Waals surface area contributed by atoms with Crippen molar-refractivity contribution in [2.45, 2.75) is 33.2 Å². The lowest BCUT2D eigenvalue weighted by atomic mass is 9.74. The molecule has 0 unspecified atom stereocenters. The van der Waals surface area contributed by atoms with Crippen molar-refractivity contribution in [1.82, 2.24) is 0 Å².